The summed E-state index contributed by atoms with van der Waals surface area (Å²) in [5, 5.41) is 20.9. The van der Waals surface area contributed by atoms with Crippen molar-refractivity contribution in [2.75, 3.05) is 12.4 Å². The Morgan fingerprint density at radius 1 is 1.26 bits per heavy atom. The third kappa shape index (κ3) is 12.0. The minimum atomic E-state index is -0.663. The molecule has 5 N–H and O–H groups in total. The quantitative estimate of drug-likeness (QED) is 0.325. The molecule has 27 heavy (non-hydrogen) atoms. The molecule has 0 aliphatic carbocycles. The molecule has 0 saturated carbocycles. The van der Waals surface area contributed by atoms with Gasteiger partial charge in [0.05, 0.1) is 6.04 Å². The Kier molecular flexibility index (Phi) is 13.0. The zero-order valence-corrected chi connectivity index (χ0v) is 17.1. The van der Waals surface area contributed by atoms with Gasteiger partial charge in [0.1, 0.15) is 0 Å². The highest BCUT2D eigenvalue weighted by molar-refractivity contribution is 8.77. The van der Waals surface area contributed by atoms with Gasteiger partial charge in [-0.05, 0) is 31.2 Å². The van der Waals surface area contributed by atoms with Gasteiger partial charge in [0.15, 0.2) is 0 Å². The molecule has 1 amide bonds. The average molecular weight is 415 g/mol. The number of aliphatic hydroxyl groups is 1. The number of amides is 1. The van der Waals surface area contributed by atoms with E-state index in [2.05, 4.69) is 5.32 Å². The summed E-state index contributed by atoms with van der Waals surface area (Å²) >= 11 is 0. The number of hydrogen-bond donors (Lipinski definition) is 4. The van der Waals surface area contributed by atoms with Crippen molar-refractivity contribution >= 4 is 33.5 Å². The van der Waals surface area contributed by atoms with Crippen LogP contribution in [-0.2, 0) is 16.1 Å². The number of rotatable bonds is 11. The molecule has 1 saturated heterocycles. The molecule has 152 valence electrons. The van der Waals surface area contributed by atoms with Gasteiger partial charge in [-0.25, -0.2) is 0 Å². The molecule has 1 aliphatic heterocycles. The van der Waals surface area contributed by atoms with Gasteiger partial charge >= 0.3 is 5.97 Å². The van der Waals surface area contributed by atoms with E-state index in [1.807, 2.05) is 51.9 Å². The fourth-order valence-corrected chi connectivity index (χ4v) is 5.55. The van der Waals surface area contributed by atoms with Crippen LogP contribution in [0.15, 0.2) is 30.3 Å². The van der Waals surface area contributed by atoms with Crippen molar-refractivity contribution in [3.05, 3.63) is 35.9 Å². The molecule has 1 aliphatic rings. The van der Waals surface area contributed by atoms with Gasteiger partial charge in [0, 0.05) is 30.6 Å². The smallest absolute Gasteiger partial charge is 0.303 e. The summed E-state index contributed by atoms with van der Waals surface area (Å²) < 4.78 is 0. The van der Waals surface area contributed by atoms with Gasteiger partial charge in [-0.2, -0.15) is 0 Å². The molecule has 0 unspecified atom stereocenters. The maximum absolute atomic E-state index is 11.0. The van der Waals surface area contributed by atoms with Gasteiger partial charge in [-0.1, -0.05) is 58.3 Å². The van der Waals surface area contributed by atoms with Crippen molar-refractivity contribution in [1.29, 1.82) is 0 Å². The van der Waals surface area contributed by atoms with Crippen LogP contribution in [0.1, 0.15) is 44.1 Å². The Morgan fingerprint density at radius 3 is 2.56 bits per heavy atom. The molecule has 2 atom stereocenters. The van der Waals surface area contributed by atoms with Crippen molar-refractivity contribution in [3.63, 3.8) is 0 Å². The summed E-state index contributed by atoms with van der Waals surface area (Å²) in [5.74, 6) is 0.178. The maximum atomic E-state index is 11.0. The summed E-state index contributed by atoms with van der Waals surface area (Å²) in [6.45, 7) is 0.532. The molecule has 0 bridgehead atoms. The molecular weight excluding hydrogens is 384 g/mol. The number of carboxylic acids is 1. The first-order valence-electron chi connectivity index (χ1n) is 9.20. The lowest BCUT2D eigenvalue weighted by molar-refractivity contribution is -0.137. The van der Waals surface area contributed by atoms with Gasteiger partial charge in [0.25, 0.3) is 0 Å². The Balaban J connectivity index is 0.000000277. The summed E-state index contributed by atoms with van der Waals surface area (Å²) in [5.41, 5.74) is 6.26. The molecule has 0 radical (unpaired) electrons. The summed E-state index contributed by atoms with van der Waals surface area (Å²) in [6, 6.07) is 9.26. The maximum Gasteiger partial charge on any atom is 0.303 e. The van der Waals surface area contributed by atoms with E-state index in [0.29, 0.717) is 19.4 Å². The number of nitrogens with one attached hydrogen (secondary N) is 1. The first-order chi connectivity index (χ1) is 13.0. The number of benzene rings is 1. The van der Waals surface area contributed by atoms with Crippen molar-refractivity contribution < 1.29 is 19.8 Å². The number of nitrogens with two attached hydrogens (primary N) is 1. The minimum absolute atomic E-state index is 0.0462. The number of aliphatic carboxylic acids is 1. The SMILES string of the molecule is NC(=O)[C@@H](CCO)NCc1ccccc1.O=C(O)CCCC[C@@H]1CCSS1. The van der Waals surface area contributed by atoms with Crippen molar-refractivity contribution in [3.8, 4) is 0 Å². The molecule has 0 spiro atoms. The second kappa shape index (κ2) is 14.8. The third-order valence-electron chi connectivity index (χ3n) is 4.05. The lowest BCUT2D eigenvalue weighted by Crippen LogP contribution is -2.41. The lowest BCUT2D eigenvalue weighted by atomic mass is 10.1. The van der Waals surface area contributed by atoms with Gasteiger partial charge in [-0.3, -0.25) is 9.59 Å². The normalized spacial score (nSPS) is 17.0. The van der Waals surface area contributed by atoms with E-state index < -0.39 is 17.9 Å². The van der Waals surface area contributed by atoms with Crippen LogP contribution < -0.4 is 11.1 Å². The average Bonchev–Trinajstić information content (AvgIpc) is 3.17. The number of carboxylic acid groups (broad SMARTS) is 1. The van der Waals surface area contributed by atoms with E-state index in [1.54, 1.807) is 0 Å². The molecule has 0 aromatic heterocycles. The fourth-order valence-electron chi connectivity index (χ4n) is 2.52. The zero-order valence-electron chi connectivity index (χ0n) is 15.5. The first-order valence-corrected chi connectivity index (χ1v) is 11.6. The highest BCUT2D eigenvalue weighted by atomic mass is 33.1. The van der Waals surface area contributed by atoms with Gasteiger partial charge < -0.3 is 21.3 Å². The van der Waals surface area contributed by atoms with Crippen LogP contribution in [0, 0.1) is 0 Å². The third-order valence-corrected chi connectivity index (χ3v) is 7.06. The van der Waals surface area contributed by atoms with Crippen LogP contribution in [-0.4, -0.2) is 45.7 Å². The fraction of sp³-hybridized carbons (Fsp3) is 0.579. The van der Waals surface area contributed by atoms with E-state index in [1.165, 1.54) is 18.6 Å². The molecule has 6 nitrogen and oxygen atoms in total. The van der Waals surface area contributed by atoms with Gasteiger partial charge in [0.2, 0.25) is 5.91 Å². The standard InChI is InChI=1S/C11H16N2O2.C8H14O2S2/c12-11(15)10(6-7-14)13-8-9-4-2-1-3-5-9;9-8(10)4-2-1-3-7-5-6-11-12-7/h1-5,10,13-14H,6-8H2,(H2,12,15);7H,1-6H2,(H,9,10)/t10-;7-/m11/s1. The Bertz CT molecular complexity index is 540. The van der Waals surface area contributed by atoms with Crippen LogP contribution in [0.2, 0.25) is 0 Å². The van der Waals surface area contributed by atoms with Crippen LogP contribution in [0.3, 0.4) is 0 Å². The van der Waals surface area contributed by atoms with Gasteiger partial charge in [-0.15, -0.1) is 0 Å². The van der Waals surface area contributed by atoms with E-state index in [0.717, 1.165) is 23.7 Å². The second-order valence-corrected chi connectivity index (χ2v) is 9.09. The molecule has 1 fully saturated rings. The Morgan fingerprint density at radius 2 is 2.00 bits per heavy atom. The number of unbranched alkanes of at least 4 members (excludes halogenated alkanes) is 1. The lowest BCUT2D eigenvalue weighted by Gasteiger charge is -2.13. The topological polar surface area (TPSA) is 113 Å². The largest absolute Gasteiger partial charge is 0.481 e. The molecule has 1 aromatic rings. The highest BCUT2D eigenvalue weighted by Crippen LogP contribution is 2.39. The van der Waals surface area contributed by atoms with Crippen molar-refractivity contribution in [1.82, 2.24) is 5.32 Å². The van der Waals surface area contributed by atoms with Crippen LogP contribution in [0.4, 0.5) is 0 Å². The summed E-state index contributed by atoms with van der Waals surface area (Å²) in [4.78, 5) is 21.1. The van der Waals surface area contributed by atoms with E-state index in [9.17, 15) is 9.59 Å². The van der Waals surface area contributed by atoms with Crippen molar-refractivity contribution in [2.24, 2.45) is 5.73 Å². The summed E-state index contributed by atoms with van der Waals surface area (Å²) in [6.07, 6.45) is 5.11. The number of carbonyl (C=O) groups excluding carboxylic acids is 1. The number of hydrogen-bond acceptors (Lipinski definition) is 6. The van der Waals surface area contributed by atoms with Crippen LogP contribution in [0.25, 0.3) is 0 Å². The molecule has 1 aromatic carbocycles. The molecule has 2 rings (SSSR count). The molecule has 1 heterocycles. The highest BCUT2D eigenvalue weighted by Gasteiger charge is 2.15. The van der Waals surface area contributed by atoms with E-state index in [-0.39, 0.29) is 6.61 Å². The zero-order chi connectivity index (χ0) is 19.9. The number of aliphatic hydroxyl groups excluding tert-OH is 1. The van der Waals surface area contributed by atoms with E-state index in [4.69, 9.17) is 15.9 Å². The number of primary amides is 1. The van der Waals surface area contributed by atoms with E-state index >= 15 is 0 Å². The Labute approximate surface area is 169 Å². The monoisotopic (exact) mass is 414 g/mol. The number of carbonyl (C=O) groups is 2. The van der Waals surface area contributed by atoms with Crippen molar-refractivity contribution in [2.45, 2.75) is 56.4 Å². The molecule has 8 heteroatoms. The van der Waals surface area contributed by atoms with Crippen LogP contribution in [0.5, 0.6) is 0 Å². The predicted molar refractivity (Wildman–Crippen MR) is 113 cm³/mol. The second-order valence-electron chi connectivity index (χ2n) is 6.30. The summed E-state index contributed by atoms with van der Waals surface area (Å²) in [7, 11) is 3.92. The van der Waals surface area contributed by atoms with Crippen LogP contribution >= 0.6 is 21.6 Å². The Hall–Kier alpha value is -1.22. The minimum Gasteiger partial charge on any atom is -0.481 e. The molecular formula is C19H30N2O4S2. The predicted octanol–water partition coefficient (Wildman–Crippen LogP) is 2.80. The first kappa shape index (κ1) is 23.8.